The van der Waals surface area contributed by atoms with E-state index in [1.165, 1.54) is 25.7 Å². The van der Waals surface area contributed by atoms with E-state index in [-0.39, 0.29) is 11.6 Å². The molecule has 2 N–H and O–H groups in total. The number of nitrogens with two attached hydrogens (primary N) is 1. The van der Waals surface area contributed by atoms with Gasteiger partial charge in [-0.15, -0.1) is 0 Å². The van der Waals surface area contributed by atoms with Crippen molar-refractivity contribution in [2.24, 2.45) is 0 Å². The zero-order chi connectivity index (χ0) is 16.9. The Morgan fingerprint density at radius 1 is 1.21 bits per heavy atom. The lowest BCUT2D eigenvalue weighted by Crippen LogP contribution is -2.25. The van der Waals surface area contributed by atoms with E-state index in [1.807, 2.05) is 25.1 Å². The van der Waals surface area contributed by atoms with Gasteiger partial charge in [-0.05, 0) is 43.0 Å². The SMILES string of the molecule is CCc1cnc(N)c(C(=O)c2cccc(N3CCCCCC3)n2)c1. The van der Waals surface area contributed by atoms with E-state index in [9.17, 15) is 4.79 Å². The number of hydrogen-bond donors (Lipinski definition) is 1. The van der Waals surface area contributed by atoms with Crippen LogP contribution in [0.2, 0.25) is 0 Å². The van der Waals surface area contributed by atoms with Crippen LogP contribution in [0.4, 0.5) is 11.6 Å². The summed E-state index contributed by atoms with van der Waals surface area (Å²) >= 11 is 0. The van der Waals surface area contributed by atoms with Crippen molar-refractivity contribution in [1.29, 1.82) is 0 Å². The molecular weight excluding hydrogens is 300 g/mol. The van der Waals surface area contributed by atoms with Gasteiger partial charge in [0.05, 0.1) is 5.56 Å². The van der Waals surface area contributed by atoms with Crippen LogP contribution in [-0.4, -0.2) is 28.8 Å². The minimum atomic E-state index is -0.160. The van der Waals surface area contributed by atoms with Crippen molar-refractivity contribution in [3.8, 4) is 0 Å². The van der Waals surface area contributed by atoms with Gasteiger partial charge < -0.3 is 10.6 Å². The Morgan fingerprint density at radius 3 is 2.67 bits per heavy atom. The fourth-order valence-electron chi connectivity index (χ4n) is 3.06. The highest BCUT2D eigenvalue weighted by atomic mass is 16.1. The lowest BCUT2D eigenvalue weighted by atomic mass is 10.1. The molecule has 2 aromatic heterocycles. The molecule has 0 atom stereocenters. The van der Waals surface area contributed by atoms with Crippen molar-refractivity contribution in [3.05, 3.63) is 47.3 Å². The topological polar surface area (TPSA) is 72.1 Å². The third kappa shape index (κ3) is 3.55. The van der Waals surface area contributed by atoms with Gasteiger partial charge in [-0.25, -0.2) is 9.97 Å². The molecule has 1 aliphatic rings. The highest BCUT2D eigenvalue weighted by molar-refractivity contribution is 6.10. The second-order valence-corrected chi connectivity index (χ2v) is 6.24. The highest BCUT2D eigenvalue weighted by Gasteiger charge is 2.18. The van der Waals surface area contributed by atoms with Crippen molar-refractivity contribution < 1.29 is 4.79 Å². The maximum Gasteiger partial charge on any atom is 0.215 e. The summed E-state index contributed by atoms with van der Waals surface area (Å²) in [7, 11) is 0. The molecule has 0 aromatic carbocycles. The van der Waals surface area contributed by atoms with Gasteiger partial charge in [-0.3, -0.25) is 4.79 Å². The summed E-state index contributed by atoms with van der Waals surface area (Å²) in [6, 6.07) is 7.45. The maximum absolute atomic E-state index is 12.8. The molecule has 126 valence electrons. The largest absolute Gasteiger partial charge is 0.383 e. The van der Waals surface area contributed by atoms with Crippen LogP contribution in [0.25, 0.3) is 0 Å². The van der Waals surface area contributed by atoms with E-state index in [0.29, 0.717) is 11.3 Å². The quantitative estimate of drug-likeness (QED) is 0.874. The van der Waals surface area contributed by atoms with Gasteiger partial charge in [0.2, 0.25) is 5.78 Å². The summed E-state index contributed by atoms with van der Waals surface area (Å²) in [5.74, 6) is 0.979. The van der Waals surface area contributed by atoms with Crippen LogP contribution in [0, 0.1) is 0 Å². The van der Waals surface area contributed by atoms with Crippen molar-refractivity contribution in [2.45, 2.75) is 39.0 Å². The minimum absolute atomic E-state index is 0.160. The van der Waals surface area contributed by atoms with Crippen LogP contribution >= 0.6 is 0 Å². The van der Waals surface area contributed by atoms with Gasteiger partial charge in [-0.2, -0.15) is 0 Å². The number of nitrogen functional groups attached to an aromatic ring is 1. The number of hydrogen-bond acceptors (Lipinski definition) is 5. The number of nitrogens with zero attached hydrogens (tertiary/aromatic N) is 3. The van der Waals surface area contributed by atoms with Crippen LogP contribution in [-0.2, 0) is 6.42 Å². The molecule has 0 bridgehead atoms. The smallest absolute Gasteiger partial charge is 0.215 e. The van der Waals surface area contributed by atoms with Gasteiger partial charge >= 0.3 is 0 Å². The van der Waals surface area contributed by atoms with Crippen molar-refractivity contribution >= 4 is 17.4 Å². The monoisotopic (exact) mass is 324 g/mol. The fourth-order valence-corrected chi connectivity index (χ4v) is 3.06. The van der Waals surface area contributed by atoms with Crippen molar-refractivity contribution in [3.63, 3.8) is 0 Å². The van der Waals surface area contributed by atoms with E-state index >= 15 is 0 Å². The molecule has 0 amide bonds. The first-order valence-corrected chi connectivity index (χ1v) is 8.70. The van der Waals surface area contributed by atoms with Gasteiger partial charge in [0, 0.05) is 19.3 Å². The summed E-state index contributed by atoms with van der Waals surface area (Å²) in [5.41, 5.74) is 7.78. The Kier molecular flexibility index (Phi) is 5.08. The van der Waals surface area contributed by atoms with Crippen LogP contribution in [0.1, 0.15) is 54.2 Å². The van der Waals surface area contributed by atoms with Crippen molar-refractivity contribution in [1.82, 2.24) is 9.97 Å². The molecule has 2 aromatic rings. The summed E-state index contributed by atoms with van der Waals surface area (Å²) in [5, 5.41) is 0. The van der Waals surface area contributed by atoms with Crippen molar-refractivity contribution in [2.75, 3.05) is 23.7 Å². The number of carbonyl (C=O) groups excluding carboxylic acids is 1. The first-order valence-electron chi connectivity index (χ1n) is 8.70. The molecule has 24 heavy (non-hydrogen) atoms. The molecule has 0 spiro atoms. The van der Waals surface area contributed by atoms with E-state index in [2.05, 4.69) is 14.9 Å². The minimum Gasteiger partial charge on any atom is -0.383 e. The first kappa shape index (κ1) is 16.4. The molecule has 0 saturated carbocycles. The molecule has 1 saturated heterocycles. The summed E-state index contributed by atoms with van der Waals surface area (Å²) in [6.07, 6.45) is 7.41. The Bertz CT molecular complexity index is 721. The Balaban J connectivity index is 1.89. The predicted octanol–water partition coefficient (Wildman–Crippen LogP) is 3.23. The molecule has 3 rings (SSSR count). The number of ketones is 1. The third-order valence-electron chi connectivity index (χ3n) is 4.53. The number of carbonyl (C=O) groups is 1. The van der Waals surface area contributed by atoms with Crippen LogP contribution in [0.3, 0.4) is 0 Å². The van der Waals surface area contributed by atoms with E-state index in [0.717, 1.165) is 30.9 Å². The summed E-state index contributed by atoms with van der Waals surface area (Å²) in [6.45, 7) is 4.03. The molecule has 3 heterocycles. The molecule has 0 radical (unpaired) electrons. The number of aromatic nitrogens is 2. The Labute approximate surface area is 142 Å². The summed E-state index contributed by atoms with van der Waals surface area (Å²) in [4.78, 5) is 23.9. The molecular formula is C19H24N4O. The number of aryl methyl sites for hydroxylation is 1. The number of anilines is 2. The second kappa shape index (κ2) is 7.43. The highest BCUT2D eigenvalue weighted by Crippen LogP contribution is 2.20. The lowest BCUT2D eigenvalue weighted by Gasteiger charge is -2.21. The summed E-state index contributed by atoms with van der Waals surface area (Å²) < 4.78 is 0. The normalized spacial score (nSPS) is 15.1. The number of pyridine rings is 2. The predicted molar refractivity (Wildman–Crippen MR) is 96.4 cm³/mol. The third-order valence-corrected chi connectivity index (χ3v) is 4.53. The van der Waals surface area contributed by atoms with Gasteiger partial charge in [-0.1, -0.05) is 25.8 Å². The molecule has 5 heteroatoms. The zero-order valence-corrected chi connectivity index (χ0v) is 14.2. The van der Waals surface area contributed by atoms with Gasteiger partial charge in [0.25, 0.3) is 0 Å². The van der Waals surface area contributed by atoms with Gasteiger partial charge in [0.15, 0.2) is 0 Å². The van der Waals surface area contributed by atoms with E-state index in [1.54, 1.807) is 12.3 Å². The van der Waals surface area contributed by atoms with Crippen LogP contribution in [0.15, 0.2) is 30.5 Å². The molecule has 0 unspecified atom stereocenters. The Morgan fingerprint density at radius 2 is 1.96 bits per heavy atom. The molecule has 1 aliphatic heterocycles. The maximum atomic E-state index is 12.8. The second-order valence-electron chi connectivity index (χ2n) is 6.24. The van der Waals surface area contributed by atoms with E-state index in [4.69, 9.17) is 5.73 Å². The molecule has 5 nitrogen and oxygen atoms in total. The van der Waals surface area contributed by atoms with Crippen LogP contribution < -0.4 is 10.6 Å². The van der Waals surface area contributed by atoms with Gasteiger partial charge in [0.1, 0.15) is 17.3 Å². The zero-order valence-electron chi connectivity index (χ0n) is 14.2. The molecule has 1 fully saturated rings. The van der Waals surface area contributed by atoms with E-state index < -0.39 is 0 Å². The average Bonchev–Trinajstić information content (AvgIpc) is 2.91. The number of rotatable bonds is 4. The average molecular weight is 324 g/mol. The Hall–Kier alpha value is -2.43. The standard InChI is InChI=1S/C19H24N4O/c1-2-14-12-15(19(20)21-13-14)18(24)16-8-7-9-17(22-16)23-10-5-3-4-6-11-23/h7-9,12-13H,2-6,10-11H2,1H3,(H2,20,21). The molecule has 0 aliphatic carbocycles. The van der Waals surface area contributed by atoms with Crippen LogP contribution in [0.5, 0.6) is 0 Å². The lowest BCUT2D eigenvalue weighted by molar-refractivity contribution is 0.103. The first-order chi connectivity index (χ1) is 11.7. The fraction of sp³-hybridized carbons (Fsp3) is 0.421.